The van der Waals surface area contributed by atoms with Crippen LogP contribution in [0.4, 0.5) is 0 Å². The second-order valence-corrected chi connectivity index (χ2v) is 4.83. The average Bonchev–Trinajstić information content (AvgIpc) is 2.37. The summed E-state index contributed by atoms with van der Waals surface area (Å²) in [6.45, 7) is 4.78. The van der Waals surface area contributed by atoms with Crippen molar-refractivity contribution in [1.29, 1.82) is 0 Å². The van der Waals surface area contributed by atoms with Gasteiger partial charge >= 0.3 is 0 Å². The molecule has 0 aliphatic rings. The number of nitrogens with zero attached hydrogens (tertiary/aromatic N) is 1. The molecule has 2 N–H and O–H groups in total. The zero-order valence-corrected chi connectivity index (χ0v) is 10.5. The van der Waals surface area contributed by atoms with Crippen LogP contribution in [0.1, 0.15) is 19.5 Å². The van der Waals surface area contributed by atoms with Crippen LogP contribution in [0.25, 0.3) is 10.8 Å². The van der Waals surface area contributed by atoms with E-state index in [1.165, 1.54) is 0 Å². The molecule has 0 saturated carbocycles. The van der Waals surface area contributed by atoms with Crippen molar-refractivity contribution in [2.75, 3.05) is 13.7 Å². The van der Waals surface area contributed by atoms with Gasteiger partial charge in [0.05, 0.1) is 12.8 Å². The van der Waals surface area contributed by atoms with E-state index in [4.69, 9.17) is 10.5 Å². The minimum absolute atomic E-state index is 0.133. The van der Waals surface area contributed by atoms with Gasteiger partial charge in [0.1, 0.15) is 5.75 Å². The predicted molar refractivity (Wildman–Crippen MR) is 70.4 cm³/mol. The van der Waals surface area contributed by atoms with Crippen molar-refractivity contribution in [2.45, 2.75) is 19.3 Å². The second-order valence-electron chi connectivity index (χ2n) is 4.83. The van der Waals surface area contributed by atoms with E-state index in [0.29, 0.717) is 6.54 Å². The Kier molecular flexibility index (Phi) is 3.03. The summed E-state index contributed by atoms with van der Waals surface area (Å²) in [5, 5.41) is 2.28. The fraction of sp³-hybridized carbons (Fsp3) is 0.357. The average molecular weight is 230 g/mol. The normalized spacial score (nSPS) is 11.8. The third-order valence-electron chi connectivity index (χ3n) is 3.12. The lowest BCUT2D eigenvalue weighted by atomic mass is 9.86. The summed E-state index contributed by atoms with van der Waals surface area (Å²) in [5.74, 6) is 0.847. The number of hydrogen-bond donors (Lipinski definition) is 1. The van der Waals surface area contributed by atoms with Crippen LogP contribution in [0.2, 0.25) is 0 Å². The van der Waals surface area contributed by atoms with Crippen LogP contribution in [0.3, 0.4) is 0 Å². The van der Waals surface area contributed by atoms with Gasteiger partial charge in [-0.3, -0.25) is 4.98 Å². The van der Waals surface area contributed by atoms with Crippen molar-refractivity contribution in [3.8, 4) is 5.75 Å². The minimum Gasteiger partial charge on any atom is -0.497 e. The van der Waals surface area contributed by atoms with Crippen LogP contribution in [0, 0.1) is 0 Å². The number of fused-ring (bicyclic) bond motifs is 1. The summed E-state index contributed by atoms with van der Waals surface area (Å²) < 4.78 is 5.26. The smallest absolute Gasteiger partial charge is 0.119 e. The zero-order chi connectivity index (χ0) is 12.5. The Morgan fingerprint density at radius 2 is 2.06 bits per heavy atom. The first-order valence-corrected chi connectivity index (χ1v) is 5.72. The Morgan fingerprint density at radius 3 is 2.71 bits per heavy atom. The summed E-state index contributed by atoms with van der Waals surface area (Å²) in [6.07, 6.45) is 1.83. The predicted octanol–water partition coefficient (Wildman–Crippen LogP) is 2.48. The van der Waals surface area contributed by atoms with Gasteiger partial charge in [-0.2, -0.15) is 0 Å². The third-order valence-corrected chi connectivity index (χ3v) is 3.12. The molecule has 2 rings (SSSR count). The number of ether oxygens (including phenoxy) is 1. The van der Waals surface area contributed by atoms with Gasteiger partial charge in [-0.15, -0.1) is 0 Å². The van der Waals surface area contributed by atoms with Gasteiger partial charge in [0.2, 0.25) is 0 Å². The number of methoxy groups -OCH3 is 1. The van der Waals surface area contributed by atoms with Gasteiger partial charge < -0.3 is 10.5 Å². The first-order valence-electron chi connectivity index (χ1n) is 5.72. The van der Waals surface area contributed by atoms with Gasteiger partial charge in [0.15, 0.2) is 0 Å². The molecule has 0 amide bonds. The summed E-state index contributed by atoms with van der Waals surface area (Å²) >= 11 is 0. The molecule has 0 spiro atoms. The van der Waals surface area contributed by atoms with E-state index < -0.39 is 0 Å². The van der Waals surface area contributed by atoms with E-state index in [9.17, 15) is 0 Å². The van der Waals surface area contributed by atoms with Crippen molar-refractivity contribution in [2.24, 2.45) is 5.73 Å². The highest BCUT2D eigenvalue weighted by Gasteiger charge is 2.22. The SMILES string of the molecule is COc1ccc2ccnc(C(C)(C)CN)c2c1. The van der Waals surface area contributed by atoms with Crippen LogP contribution in [-0.4, -0.2) is 18.6 Å². The second kappa shape index (κ2) is 4.34. The molecule has 0 radical (unpaired) electrons. The van der Waals surface area contributed by atoms with Gasteiger partial charge in [-0.1, -0.05) is 19.9 Å². The van der Waals surface area contributed by atoms with E-state index in [1.807, 2.05) is 30.5 Å². The molecule has 3 heteroatoms. The Hall–Kier alpha value is -1.61. The van der Waals surface area contributed by atoms with E-state index in [-0.39, 0.29) is 5.41 Å². The van der Waals surface area contributed by atoms with Crippen LogP contribution in [0.15, 0.2) is 30.5 Å². The van der Waals surface area contributed by atoms with Crippen molar-refractivity contribution >= 4 is 10.8 Å². The standard InChI is InChI=1S/C14H18N2O/c1-14(2,9-15)13-12-8-11(17-3)5-4-10(12)6-7-16-13/h4-8H,9,15H2,1-3H3. The quantitative estimate of drug-likeness (QED) is 0.881. The fourth-order valence-electron chi connectivity index (χ4n) is 1.91. The molecule has 0 aliphatic carbocycles. The molecule has 0 unspecified atom stereocenters. The van der Waals surface area contributed by atoms with Crippen molar-refractivity contribution in [3.05, 3.63) is 36.2 Å². The minimum atomic E-state index is -0.133. The third kappa shape index (κ3) is 2.11. The molecule has 1 aromatic heterocycles. The molecule has 1 heterocycles. The summed E-state index contributed by atoms with van der Waals surface area (Å²) in [7, 11) is 1.67. The maximum atomic E-state index is 5.83. The molecule has 0 saturated heterocycles. The Labute approximate surface area is 102 Å². The fourth-order valence-corrected chi connectivity index (χ4v) is 1.91. The van der Waals surface area contributed by atoms with E-state index in [2.05, 4.69) is 18.8 Å². The van der Waals surface area contributed by atoms with Gasteiger partial charge in [0.25, 0.3) is 0 Å². The maximum absolute atomic E-state index is 5.83. The molecule has 0 fully saturated rings. The number of rotatable bonds is 3. The highest BCUT2D eigenvalue weighted by Crippen LogP contribution is 2.29. The molecule has 90 valence electrons. The van der Waals surface area contributed by atoms with Crippen LogP contribution in [0.5, 0.6) is 5.75 Å². The Bertz CT molecular complexity index is 535. The Balaban J connectivity index is 2.70. The van der Waals surface area contributed by atoms with Crippen LogP contribution < -0.4 is 10.5 Å². The summed E-state index contributed by atoms with van der Waals surface area (Å²) in [6, 6.07) is 8.04. The highest BCUT2D eigenvalue weighted by atomic mass is 16.5. The lowest BCUT2D eigenvalue weighted by Gasteiger charge is -2.23. The molecule has 0 bridgehead atoms. The molecule has 0 atom stereocenters. The topological polar surface area (TPSA) is 48.1 Å². The van der Waals surface area contributed by atoms with Crippen molar-refractivity contribution in [1.82, 2.24) is 4.98 Å². The largest absolute Gasteiger partial charge is 0.497 e. The highest BCUT2D eigenvalue weighted by molar-refractivity contribution is 5.86. The molecular formula is C14H18N2O. The summed E-state index contributed by atoms with van der Waals surface area (Å²) in [4.78, 5) is 4.49. The molecule has 1 aromatic carbocycles. The first-order chi connectivity index (χ1) is 8.08. The lowest BCUT2D eigenvalue weighted by molar-refractivity contribution is 0.415. The van der Waals surface area contributed by atoms with E-state index >= 15 is 0 Å². The number of benzene rings is 1. The van der Waals surface area contributed by atoms with Gasteiger partial charge in [-0.05, 0) is 23.6 Å². The first kappa shape index (κ1) is 11.9. The number of nitrogens with two attached hydrogens (primary N) is 1. The van der Waals surface area contributed by atoms with Gasteiger partial charge in [0, 0.05) is 23.5 Å². The Morgan fingerprint density at radius 1 is 1.29 bits per heavy atom. The molecule has 2 aromatic rings. The van der Waals surface area contributed by atoms with E-state index in [1.54, 1.807) is 7.11 Å². The molecule has 0 aliphatic heterocycles. The number of pyridine rings is 1. The zero-order valence-electron chi connectivity index (χ0n) is 10.5. The number of hydrogen-bond acceptors (Lipinski definition) is 3. The maximum Gasteiger partial charge on any atom is 0.119 e. The molecule has 17 heavy (non-hydrogen) atoms. The monoisotopic (exact) mass is 230 g/mol. The number of aromatic nitrogens is 1. The van der Waals surface area contributed by atoms with E-state index in [0.717, 1.165) is 22.2 Å². The molecule has 3 nitrogen and oxygen atoms in total. The van der Waals surface area contributed by atoms with Crippen molar-refractivity contribution < 1.29 is 4.74 Å². The van der Waals surface area contributed by atoms with Gasteiger partial charge in [-0.25, -0.2) is 0 Å². The van der Waals surface area contributed by atoms with Crippen LogP contribution >= 0.6 is 0 Å². The molecular weight excluding hydrogens is 212 g/mol. The van der Waals surface area contributed by atoms with Crippen LogP contribution in [-0.2, 0) is 5.41 Å². The van der Waals surface area contributed by atoms with Crippen molar-refractivity contribution in [3.63, 3.8) is 0 Å². The lowest BCUT2D eigenvalue weighted by Crippen LogP contribution is -2.29. The summed E-state index contributed by atoms with van der Waals surface area (Å²) in [5.41, 5.74) is 6.72.